The fourth-order valence-corrected chi connectivity index (χ4v) is 2.18. The van der Waals surface area contributed by atoms with Crippen molar-refractivity contribution in [2.24, 2.45) is 0 Å². The number of phenolic OH excluding ortho intramolecular Hbond substituents is 1. The van der Waals surface area contributed by atoms with E-state index in [1.54, 1.807) is 36.2 Å². The number of benzene rings is 1. The zero-order valence-corrected chi connectivity index (χ0v) is 11.3. The topological polar surface area (TPSA) is 55.8 Å². The molecule has 19 heavy (non-hydrogen) atoms. The third-order valence-electron chi connectivity index (χ3n) is 3.40. The van der Waals surface area contributed by atoms with Crippen LogP contribution in [0.3, 0.4) is 0 Å². The number of nitrogens with zero attached hydrogens (tertiary/aromatic N) is 2. The van der Waals surface area contributed by atoms with E-state index < -0.39 is 0 Å². The van der Waals surface area contributed by atoms with Gasteiger partial charge in [-0.2, -0.15) is 0 Å². The first-order valence-corrected chi connectivity index (χ1v) is 6.65. The Morgan fingerprint density at radius 3 is 2.79 bits per heavy atom. The molecule has 0 bridgehead atoms. The quantitative estimate of drug-likeness (QED) is 0.841. The number of hydrogen-bond donors (Lipinski definition) is 2. The van der Waals surface area contributed by atoms with E-state index in [-0.39, 0.29) is 11.7 Å². The van der Waals surface area contributed by atoms with Gasteiger partial charge in [-0.25, -0.2) is 0 Å². The van der Waals surface area contributed by atoms with Crippen molar-refractivity contribution in [3.05, 3.63) is 24.3 Å². The molecule has 0 atom stereocenters. The molecule has 1 fully saturated rings. The van der Waals surface area contributed by atoms with Crippen molar-refractivity contribution < 1.29 is 9.90 Å². The van der Waals surface area contributed by atoms with E-state index in [2.05, 4.69) is 10.2 Å². The Hall–Kier alpha value is -1.59. The van der Waals surface area contributed by atoms with Gasteiger partial charge < -0.3 is 15.3 Å². The first-order valence-electron chi connectivity index (χ1n) is 6.65. The molecule has 1 saturated heterocycles. The third kappa shape index (κ3) is 3.94. The monoisotopic (exact) mass is 263 g/mol. The number of carbonyl (C=O) groups is 1. The fraction of sp³-hybridized carbons (Fsp3) is 0.500. The molecule has 0 unspecified atom stereocenters. The molecule has 1 aromatic rings. The molecule has 2 N–H and O–H groups in total. The number of likely N-dealkylation sites (N-methyl/N-ethyl adjacent to an activating group) is 1. The average molecular weight is 263 g/mol. The van der Waals surface area contributed by atoms with Crippen LogP contribution in [0.4, 0.5) is 5.69 Å². The van der Waals surface area contributed by atoms with Crippen molar-refractivity contribution in [3.63, 3.8) is 0 Å². The Balaban J connectivity index is 1.93. The summed E-state index contributed by atoms with van der Waals surface area (Å²) in [5.74, 6) is 0.288. The molecule has 0 aromatic heterocycles. The molecule has 2 rings (SSSR count). The van der Waals surface area contributed by atoms with Crippen LogP contribution in [-0.4, -0.2) is 55.7 Å². The third-order valence-corrected chi connectivity index (χ3v) is 3.40. The highest BCUT2D eigenvalue weighted by Crippen LogP contribution is 2.17. The summed E-state index contributed by atoms with van der Waals surface area (Å²) in [4.78, 5) is 16.0. The molecule has 1 aliphatic rings. The van der Waals surface area contributed by atoms with E-state index in [9.17, 15) is 9.90 Å². The van der Waals surface area contributed by atoms with Gasteiger partial charge in [0.05, 0.1) is 6.54 Å². The van der Waals surface area contributed by atoms with Crippen LogP contribution in [0, 0.1) is 0 Å². The van der Waals surface area contributed by atoms with Crippen molar-refractivity contribution >= 4 is 11.6 Å². The minimum Gasteiger partial charge on any atom is -0.508 e. The fourth-order valence-electron chi connectivity index (χ4n) is 2.18. The standard InChI is InChI=1S/C14H21N3O2/c1-16(12-3-5-13(18)6-4-12)14(19)11-17-9-2-7-15-8-10-17/h3-6,15,18H,2,7-11H2,1H3. The molecule has 1 aliphatic heterocycles. The molecule has 1 aromatic carbocycles. The molecule has 0 saturated carbocycles. The van der Waals surface area contributed by atoms with Crippen LogP contribution in [0.25, 0.3) is 0 Å². The van der Waals surface area contributed by atoms with Gasteiger partial charge in [0.1, 0.15) is 5.75 Å². The Kier molecular flexibility index (Phi) is 4.76. The Morgan fingerprint density at radius 2 is 2.05 bits per heavy atom. The lowest BCUT2D eigenvalue weighted by atomic mass is 10.2. The van der Waals surface area contributed by atoms with Gasteiger partial charge in [-0.1, -0.05) is 0 Å². The summed E-state index contributed by atoms with van der Waals surface area (Å²) >= 11 is 0. The number of nitrogens with one attached hydrogen (secondary N) is 1. The van der Waals surface area contributed by atoms with Crippen LogP contribution < -0.4 is 10.2 Å². The molecule has 0 spiro atoms. The summed E-state index contributed by atoms with van der Waals surface area (Å²) < 4.78 is 0. The Labute approximate surface area is 113 Å². The molecule has 1 heterocycles. The average Bonchev–Trinajstić information content (AvgIpc) is 2.67. The van der Waals surface area contributed by atoms with Crippen molar-refractivity contribution in [2.45, 2.75) is 6.42 Å². The summed E-state index contributed by atoms with van der Waals surface area (Å²) in [6, 6.07) is 6.68. The largest absolute Gasteiger partial charge is 0.508 e. The van der Waals surface area contributed by atoms with E-state index in [0.29, 0.717) is 6.54 Å². The number of aromatic hydroxyl groups is 1. The van der Waals surface area contributed by atoms with Gasteiger partial charge in [0.2, 0.25) is 5.91 Å². The van der Waals surface area contributed by atoms with Crippen LogP contribution in [0.2, 0.25) is 0 Å². The van der Waals surface area contributed by atoms with Crippen LogP contribution in [0.15, 0.2) is 24.3 Å². The summed E-state index contributed by atoms with van der Waals surface area (Å²) in [6.07, 6.45) is 1.08. The lowest BCUT2D eigenvalue weighted by Gasteiger charge is -2.23. The smallest absolute Gasteiger partial charge is 0.240 e. The van der Waals surface area contributed by atoms with Gasteiger partial charge in [0.25, 0.3) is 0 Å². The van der Waals surface area contributed by atoms with Crippen molar-refractivity contribution in [2.75, 3.05) is 44.7 Å². The van der Waals surface area contributed by atoms with Gasteiger partial charge >= 0.3 is 0 Å². The first-order chi connectivity index (χ1) is 9.16. The zero-order chi connectivity index (χ0) is 13.7. The van der Waals surface area contributed by atoms with Gasteiger partial charge in [0, 0.05) is 25.8 Å². The van der Waals surface area contributed by atoms with Crippen molar-refractivity contribution in [3.8, 4) is 5.75 Å². The maximum absolute atomic E-state index is 12.2. The van der Waals surface area contributed by atoms with Crippen LogP contribution in [-0.2, 0) is 4.79 Å². The van der Waals surface area contributed by atoms with Crippen LogP contribution in [0.5, 0.6) is 5.75 Å². The van der Waals surface area contributed by atoms with E-state index >= 15 is 0 Å². The lowest BCUT2D eigenvalue weighted by molar-refractivity contribution is -0.119. The van der Waals surface area contributed by atoms with Crippen molar-refractivity contribution in [1.82, 2.24) is 10.2 Å². The number of anilines is 1. The van der Waals surface area contributed by atoms with Crippen molar-refractivity contribution in [1.29, 1.82) is 0 Å². The van der Waals surface area contributed by atoms with Gasteiger partial charge in [-0.15, -0.1) is 0 Å². The maximum atomic E-state index is 12.2. The Bertz CT molecular complexity index is 411. The van der Waals surface area contributed by atoms with E-state index in [0.717, 1.165) is 38.3 Å². The second-order valence-electron chi connectivity index (χ2n) is 4.85. The minimum atomic E-state index is 0.0765. The van der Waals surface area contributed by atoms with E-state index in [4.69, 9.17) is 0 Å². The molecule has 5 heteroatoms. The normalized spacial score (nSPS) is 16.9. The molecule has 104 valence electrons. The molecular formula is C14H21N3O2. The van der Waals surface area contributed by atoms with Crippen LogP contribution >= 0.6 is 0 Å². The number of hydrogen-bond acceptors (Lipinski definition) is 4. The highest BCUT2D eigenvalue weighted by molar-refractivity contribution is 5.94. The highest BCUT2D eigenvalue weighted by atomic mass is 16.3. The summed E-state index contributed by atoms with van der Waals surface area (Å²) in [5.41, 5.74) is 0.802. The molecule has 0 aliphatic carbocycles. The SMILES string of the molecule is CN(C(=O)CN1CCCNCC1)c1ccc(O)cc1. The summed E-state index contributed by atoms with van der Waals surface area (Å²) in [5, 5.41) is 12.6. The minimum absolute atomic E-state index is 0.0765. The predicted molar refractivity (Wildman–Crippen MR) is 75.4 cm³/mol. The first kappa shape index (κ1) is 13.8. The summed E-state index contributed by atoms with van der Waals surface area (Å²) in [6.45, 7) is 4.28. The molecular weight excluding hydrogens is 242 g/mol. The Morgan fingerprint density at radius 1 is 1.32 bits per heavy atom. The van der Waals surface area contributed by atoms with Gasteiger partial charge in [-0.05, 0) is 43.8 Å². The molecule has 1 amide bonds. The van der Waals surface area contributed by atoms with E-state index in [1.807, 2.05) is 0 Å². The van der Waals surface area contributed by atoms with Gasteiger partial charge in [0.15, 0.2) is 0 Å². The van der Waals surface area contributed by atoms with Gasteiger partial charge in [-0.3, -0.25) is 9.69 Å². The van der Waals surface area contributed by atoms with E-state index in [1.165, 1.54) is 0 Å². The predicted octanol–water partition coefficient (Wildman–Crippen LogP) is 0.650. The zero-order valence-electron chi connectivity index (χ0n) is 11.3. The van der Waals surface area contributed by atoms with Crippen LogP contribution in [0.1, 0.15) is 6.42 Å². The number of carbonyl (C=O) groups excluding carboxylic acids is 1. The molecule has 0 radical (unpaired) electrons. The highest BCUT2D eigenvalue weighted by Gasteiger charge is 2.16. The number of amides is 1. The second kappa shape index (κ2) is 6.54. The number of rotatable bonds is 3. The maximum Gasteiger partial charge on any atom is 0.240 e. The molecule has 5 nitrogen and oxygen atoms in total. The number of phenols is 1. The second-order valence-corrected chi connectivity index (χ2v) is 4.85. The summed E-state index contributed by atoms with van der Waals surface area (Å²) in [7, 11) is 1.77. The lowest BCUT2D eigenvalue weighted by Crippen LogP contribution is -2.39.